The molecule has 0 aliphatic rings. The first-order valence-corrected chi connectivity index (χ1v) is 5.57. The van der Waals surface area contributed by atoms with Gasteiger partial charge in [0.05, 0.1) is 6.61 Å². The predicted octanol–water partition coefficient (Wildman–Crippen LogP) is 2.93. The lowest BCUT2D eigenvalue weighted by Gasteiger charge is -2.28. The van der Waals surface area contributed by atoms with Crippen molar-refractivity contribution < 1.29 is 5.11 Å². The van der Waals surface area contributed by atoms with Crippen molar-refractivity contribution in [1.29, 1.82) is 0 Å². The average Bonchev–Trinajstić information content (AvgIpc) is 1.97. The van der Waals surface area contributed by atoms with E-state index in [1.807, 2.05) is 11.8 Å². The molecule has 0 radical (unpaired) electrons. The second-order valence-corrected chi connectivity index (χ2v) is 6.40. The zero-order valence-electron chi connectivity index (χ0n) is 8.92. The van der Waals surface area contributed by atoms with Crippen LogP contribution in [0.1, 0.15) is 41.0 Å². The van der Waals surface area contributed by atoms with Crippen molar-refractivity contribution >= 4 is 11.8 Å². The summed E-state index contributed by atoms with van der Waals surface area (Å²) < 4.78 is 0.261. The number of aliphatic hydroxyl groups is 1. The second-order valence-electron chi connectivity index (χ2n) is 4.34. The van der Waals surface area contributed by atoms with Crippen molar-refractivity contribution in [3.05, 3.63) is 0 Å². The van der Waals surface area contributed by atoms with E-state index in [1.165, 1.54) is 0 Å². The lowest BCUT2D eigenvalue weighted by atomic mass is 10.1. The van der Waals surface area contributed by atoms with Crippen LogP contribution in [0.25, 0.3) is 0 Å². The van der Waals surface area contributed by atoms with Crippen molar-refractivity contribution in [3.8, 4) is 0 Å². The van der Waals surface area contributed by atoms with E-state index in [2.05, 4.69) is 34.6 Å². The van der Waals surface area contributed by atoms with Crippen LogP contribution >= 0.6 is 11.8 Å². The van der Waals surface area contributed by atoms with Crippen molar-refractivity contribution in [3.63, 3.8) is 0 Å². The van der Waals surface area contributed by atoms with Crippen LogP contribution in [0.15, 0.2) is 0 Å². The van der Waals surface area contributed by atoms with E-state index in [0.717, 1.165) is 6.42 Å². The van der Waals surface area contributed by atoms with Crippen LogP contribution in [-0.2, 0) is 0 Å². The average molecular weight is 190 g/mol. The Morgan fingerprint density at radius 2 is 1.83 bits per heavy atom. The maximum absolute atomic E-state index is 9.17. The highest BCUT2D eigenvalue weighted by Gasteiger charge is 2.22. The molecular formula is C10H22OS. The highest BCUT2D eigenvalue weighted by Crippen LogP contribution is 2.32. The molecule has 1 unspecified atom stereocenters. The molecule has 0 aliphatic carbocycles. The molecule has 0 aliphatic heterocycles. The van der Waals surface area contributed by atoms with Gasteiger partial charge < -0.3 is 5.11 Å². The standard InChI is InChI=1S/C10H22OS/c1-6-8(2)9(7-11)12-10(3,4)5/h8-9,11H,6-7H2,1-5H3/t8?,9-/m0/s1. The van der Waals surface area contributed by atoms with Gasteiger partial charge in [0, 0.05) is 10.00 Å². The van der Waals surface area contributed by atoms with Gasteiger partial charge in [-0.2, -0.15) is 0 Å². The van der Waals surface area contributed by atoms with E-state index in [0.29, 0.717) is 17.8 Å². The first-order valence-electron chi connectivity index (χ1n) is 4.69. The third kappa shape index (κ3) is 5.04. The Hall–Kier alpha value is 0.310. The Morgan fingerprint density at radius 3 is 2.08 bits per heavy atom. The predicted molar refractivity (Wildman–Crippen MR) is 57.7 cm³/mol. The second kappa shape index (κ2) is 5.13. The number of hydrogen-bond acceptors (Lipinski definition) is 2. The van der Waals surface area contributed by atoms with Gasteiger partial charge in [-0.05, 0) is 5.92 Å². The summed E-state index contributed by atoms with van der Waals surface area (Å²) >= 11 is 1.88. The lowest BCUT2D eigenvalue weighted by molar-refractivity contribution is 0.267. The summed E-state index contributed by atoms with van der Waals surface area (Å²) in [6.07, 6.45) is 1.15. The molecule has 0 aromatic heterocycles. The van der Waals surface area contributed by atoms with E-state index < -0.39 is 0 Å². The fraction of sp³-hybridized carbons (Fsp3) is 1.00. The van der Waals surface area contributed by atoms with E-state index in [9.17, 15) is 5.11 Å². The summed E-state index contributed by atoms with van der Waals surface area (Å²) in [7, 11) is 0. The van der Waals surface area contributed by atoms with E-state index >= 15 is 0 Å². The van der Waals surface area contributed by atoms with Gasteiger partial charge in [0.2, 0.25) is 0 Å². The summed E-state index contributed by atoms with van der Waals surface area (Å²) in [5.41, 5.74) is 0. The Bertz CT molecular complexity index is 117. The fourth-order valence-corrected chi connectivity index (χ4v) is 2.46. The van der Waals surface area contributed by atoms with E-state index in [-0.39, 0.29) is 4.75 Å². The van der Waals surface area contributed by atoms with Crippen LogP contribution in [0, 0.1) is 5.92 Å². The maximum Gasteiger partial charge on any atom is 0.0552 e. The first-order chi connectivity index (χ1) is 5.40. The van der Waals surface area contributed by atoms with Crippen LogP contribution in [0.3, 0.4) is 0 Å². The van der Waals surface area contributed by atoms with Gasteiger partial charge in [0.15, 0.2) is 0 Å². The Kier molecular flexibility index (Phi) is 5.26. The third-order valence-corrected chi connectivity index (χ3v) is 3.59. The van der Waals surface area contributed by atoms with Crippen molar-refractivity contribution in [1.82, 2.24) is 0 Å². The largest absolute Gasteiger partial charge is 0.395 e. The summed E-state index contributed by atoms with van der Waals surface area (Å²) in [6, 6.07) is 0. The number of thioether (sulfide) groups is 1. The van der Waals surface area contributed by atoms with Gasteiger partial charge in [0.1, 0.15) is 0 Å². The molecule has 2 heteroatoms. The smallest absolute Gasteiger partial charge is 0.0552 e. The number of rotatable bonds is 4. The summed E-state index contributed by atoms with van der Waals surface area (Å²) in [5, 5.41) is 9.57. The Labute approximate surface area is 80.9 Å². The van der Waals surface area contributed by atoms with Crippen LogP contribution < -0.4 is 0 Å². The van der Waals surface area contributed by atoms with Gasteiger partial charge in [-0.1, -0.05) is 41.0 Å². The number of aliphatic hydroxyl groups excluding tert-OH is 1. The van der Waals surface area contributed by atoms with Crippen molar-refractivity contribution in [2.24, 2.45) is 5.92 Å². The molecule has 74 valence electrons. The molecule has 1 N–H and O–H groups in total. The molecule has 0 bridgehead atoms. The SMILES string of the molecule is CCC(C)[C@H](CO)SC(C)(C)C. The fourth-order valence-electron chi connectivity index (χ4n) is 1.05. The lowest BCUT2D eigenvalue weighted by Crippen LogP contribution is -2.24. The monoisotopic (exact) mass is 190 g/mol. The minimum Gasteiger partial charge on any atom is -0.395 e. The normalized spacial score (nSPS) is 17.5. The Balaban J connectivity index is 3.99. The molecule has 12 heavy (non-hydrogen) atoms. The Morgan fingerprint density at radius 1 is 1.33 bits per heavy atom. The van der Waals surface area contributed by atoms with E-state index in [1.54, 1.807) is 0 Å². The highest BCUT2D eigenvalue weighted by molar-refractivity contribution is 8.01. The van der Waals surface area contributed by atoms with Crippen molar-refractivity contribution in [2.75, 3.05) is 6.61 Å². The van der Waals surface area contributed by atoms with E-state index in [4.69, 9.17) is 0 Å². The molecule has 0 aromatic carbocycles. The van der Waals surface area contributed by atoms with Gasteiger partial charge in [-0.15, -0.1) is 11.8 Å². The van der Waals surface area contributed by atoms with Crippen LogP contribution in [0.4, 0.5) is 0 Å². The van der Waals surface area contributed by atoms with Crippen molar-refractivity contribution in [2.45, 2.75) is 51.0 Å². The molecule has 0 fully saturated rings. The summed E-state index contributed by atoms with van der Waals surface area (Å²) in [4.78, 5) is 0. The van der Waals surface area contributed by atoms with Gasteiger partial charge >= 0.3 is 0 Å². The molecule has 0 spiro atoms. The summed E-state index contributed by atoms with van der Waals surface area (Å²) in [5.74, 6) is 0.610. The molecule has 0 heterocycles. The maximum atomic E-state index is 9.17. The molecule has 0 saturated heterocycles. The molecule has 0 amide bonds. The molecule has 1 nitrogen and oxygen atoms in total. The summed E-state index contributed by atoms with van der Waals surface area (Å²) in [6.45, 7) is 11.3. The molecule has 0 rings (SSSR count). The third-order valence-electron chi connectivity index (χ3n) is 1.96. The van der Waals surface area contributed by atoms with Crippen LogP contribution in [0.5, 0.6) is 0 Å². The molecule has 0 aromatic rings. The minimum absolute atomic E-state index is 0.261. The molecular weight excluding hydrogens is 168 g/mol. The zero-order valence-corrected chi connectivity index (χ0v) is 9.74. The highest BCUT2D eigenvalue weighted by atomic mass is 32.2. The molecule has 2 atom stereocenters. The van der Waals surface area contributed by atoms with Gasteiger partial charge in [-0.3, -0.25) is 0 Å². The number of hydrogen-bond donors (Lipinski definition) is 1. The van der Waals surface area contributed by atoms with Gasteiger partial charge in [0.25, 0.3) is 0 Å². The molecule has 0 saturated carbocycles. The topological polar surface area (TPSA) is 20.2 Å². The zero-order chi connectivity index (χ0) is 9.78. The van der Waals surface area contributed by atoms with Crippen LogP contribution in [0.2, 0.25) is 0 Å². The first kappa shape index (κ1) is 12.3. The quantitative estimate of drug-likeness (QED) is 0.735. The minimum atomic E-state index is 0.261. The van der Waals surface area contributed by atoms with Gasteiger partial charge in [-0.25, -0.2) is 0 Å². The van der Waals surface area contributed by atoms with Crippen LogP contribution in [-0.4, -0.2) is 21.7 Å².